The summed E-state index contributed by atoms with van der Waals surface area (Å²) in [6.45, 7) is 2.30. The van der Waals surface area contributed by atoms with Crippen molar-refractivity contribution >= 4 is 5.78 Å². The van der Waals surface area contributed by atoms with Crippen molar-refractivity contribution in [2.24, 2.45) is 0 Å². The van der Waals surface area contributed by atoms with E-state index >= 15 is 0 Å². The van der Waals surface area contributed by atoms with Gasteiger partial charge in [0, 0.05) is 6.54 Å². The third kappa shape index (κ3) is 5.37. The number of likely N-dealkylation sites (N-methyl/N-ethyl adjacent to an activating group) is 1. The molecule has 0 spiro atoms. The molecule has 0 aromatic heterocycles. The van der Waals surface area contributed by atoms with Gasteiger partial charge in [-0.25, -0.2) is 0 Å². The summed E-state index contributed by atoms with van der Waals surface area (Å²) in [6.07, 6.45) is 3.35. The van der Waals surface area contributed by atoms with Crippen LogP contribution in [0.4, 0.5) is 0 Å². The number of allylic oxidation sites excluding steroid dienone is 1. The van der Waals surface area contributed by atoms with Crippen molar-refractivity contribution in [3.8, 4) is 0 Å². The van der Waals surface area contributed by atoms with Gasteiger partial charge in [0.15, 0.2) is 5.78 Å². The first-order valence-electron chi connectivity index (χ1n) is 2.59. The Labute approximate surface area is 49.6 Å². The molecule has 0 saturated heterocycles. The Balaban J connectivity index is 3.20. The van der Waals surface area contributed by atoms with Gasteiger partial charge >= 0.3 is 0 Å². The van der Waals surface area contributed by atoms with Gasteiger partial charge in [0.05, 0.1) is 0 Å². The molecule has 0 fully saturated rings. The summed E-state index contributed by atoms with van der Waals surface area (Å²) in [5.41, 5.74) is 0. The van der Waals surface area contributed by atoms with Gasteiger partial charge in [-0.3, -0.25) is 4.79 Å². The predicted molar refractivity (Wildman–Crippen MR) is 33.7 cm³/mol. The molecule has 0 aliphatic rings. The van der Waals surface area contributed by atoms with Crippen LogP contribution in [0.5, 0.6) is 0 Å². The number of carbonyl (C=O) groups excluding carboxylic acids is 1. The molecule has 46 valence electrons. The minimum absolute atomic E-state index is 0.0975. The van der Waals surface area contributed by atoms with E-state index in [-0.39, 0.29) is 5.78 Å². The van der Waals surface area contributed by atoms with E-state index in [4.69, 9.17) is 0 Å². The molecule has 0 aliphatic heterocycles. The van der Waals surface area contributed by atoms with Crippen molar-refractivity contribution in [2.75, 3.05) is 13.6 Å². The first-order valence-corrected chi connectivity index (χ1v) is 2.59. The van der Waals surface area contributed by atoms with Crippen LogP contribution < -0.4 is 5.32 Å². The van der Waals surface area contributed by atoms with Gasteiger partial charge in [0.2, 0.25) is 0 Å². The van der Waals surface area contributed by atoms with E-state index in [2.05, 4.69) is 5.32 Å². The molecule has 2 nitrogen and oxygen atoms in total. The van der Waals surface area contributed by atoms with Crippen LogP contribution in [0.15, 0.2) is 12.2 Å². The summed E-state index contributed by atoms with van der Waals surface area (Å²) < 4.78 is 0. The number of ketones is 1. The largest absolute Gasteiger partial charge is 0.316 e. The fourth-order valence-corrected chi connectivity index (χ4v) is 0.343. The minimum Gasteiger partial charge on any atom is -0.316 e. The van der Waals surface area contributed by atoms with Crippen LogP contribution in [-0.4, -0.2) is 19.4 Å². The van der Waals surface area contributed by atoms with E-state index in [1.54, 1.807) is 12.2 Å². The Morgan fingerprint density at radius 1 is 1.75 bits per heavy atom. The third-order valence-corrected chi connectivity index (χ3v) is 0.675. The smallest absolute Gasteiger partial charge is 0.152 e. The quantitative estimate of drug-likeness (QED) is 0.535. The fourth-order valence-electron chi connectivity index (χ4n) is 0.343. The second-order valence-corrected chi connectivity index (χ2v) is 1.57. The normalized spacial score (nSPS) is 10.2. The number of hydrogen-bond donors (Lipinski definition) is 1. The monoisotopic (exact) mass is 113 g/mol. The zero-order valence-electron chi connectivity index (χ0n) is 5.27. The average molecular weight is 113 g/mol. The zero-order chi connectivity index (χ0) is 6.41. The molecule has 0 aliphatic carbocycles. The molecule has 0 rings (SSSR count). The van der Waals surface area contributed by atoms with Crippen molar-refractivity contribution in [3.63, 3.8) is 0 Å². The summed E-state index contributed by atoms with van der Waals surface area (Å²) in [5.74, 6) is 0.0975. The van der Waals surface area contributed by atoms with Gasteiger partial charge in [-0.15, -0.1) is 0 Å². The van der Waals surface area contributed by atoms with E-state index in [9.17, 15) is 4.79 Å². The molecule has 0 amide bonds. The van der Waals surface area contributed by atoms with Crippen molar-refractivity contribution in [3.05, 3.63) is 12.2 Å². The Kier molecular flexibility index (Phi) is 4.17. The van der Waals surface area contributed by atoms with E-state index in [1.807, 2.05) is 7.05 Å². The van der Waals surface area contributed by atoms with E-state index < -0.39 is 0 Å². The summed E-state index contributed by atoms with van der Waals surface area (Å²) in [6, 6.07) is 0. The maximum atomic E-state index is 10.2. The predicted octanol–water partition coefficient (Wildman–Crippen LogP) is 0.351. The number of hydrogen-bond acceptors (Lipinski definition) is 2. The van der Waals surface area contributed by atoms with Crippen molar-refractivity contribution in [1.29, 1.82) is 0 Å². The molecule has 0 heterocycles. The molecular weight excluding hydrogens is 102 g/mol. The van der Waals surface area contributed by atoms with E-state index in [0.29, 0.717) is 0 Å². The average Bonchev–Trinajstić information content (AvgIpc) is 1.66. The van der Waals surface area contributed by atoms with Gasteiger partial charge in [-0.1, -0.05) is 6.08 Å². The van der Waals surface area contributed by atoms with Crippen LogP contribution in [0.1, 0.15) is 6.92 Å². The molecule has 0 saturated carbocycles. The van der Waals surface area contributed by atoms with Crippen LogP contribution in [-0.2, 0) is 4.79 Å². The first kappa shape index (κ1) is 7.37. The molecule has 0 atom stereocenters. The van der Waals surface area contributed by atoms with Crippen LogP contribution >= 0.6 is 0 Å². The number of rotatable bonds is 3. The highest BCUT2D eigenvalue weighted by Crippen LogP contribution is 1.71. The van der Waals surface area contributed by atoms with Crippen molar-refractivity contribution < 1.29 is 4.79 Å². The summed E-state index contributed by atoms with van der Waals surface area (Å²) in [7, 11) is 1.84. The minimum atomic E-state index is 0.0975. The zero-order valence-corrected chi connectivity index (χ0v) is 5.27. The van der Waals surface area contributed by atoms with Gasteiger partial charge in [-0.05, 0) is 20.0 Å². The maximum Gasteiger partial charge on any atom is 0.152 e. The SMILES string of the molecule is CNCC=CC(C)=O. The van der Waals surface area contributed by atoms with Crippen LogP contribution in [0.25, 0.3) is 0 Å². The molecule has 0 bridgehead atoms. The second kappa shape index (κ2) is 4.53. The molecule has 0 unspecified atom stereocenters. The van der Waals surface area contributed by atoms with Gasteiger partial charge < -0.3 is 5.32 Å². The topological polar surface area (TPSA) is 29.1 Å². The lowest BCUT2D eigenvalue weighted by atomic mass is 10.4. The molecule has 8 heavy (non-hydrogen) atoms. The van der Waals surface area contributed by atoms with Gasteiger partial charge in [0.1, 0.15) is 0 Å². The van der Waals surface area contributed by atoms with Gasteiger partial charge in [-0.2, -0.15) is 0 Å². The summed E-state index contributed by atoms with van der Waals surface area (Å²) >= 11 is 0. The molecular formula is C6H11NO. The third-order valence-electron chi connectivity index (χ3n) is 0.675. The van der Waals surface area contributed by atoms with Crippen LogP contribution in [0.3, 0.4) is 0 Å². The number of carbonyl (C=O) groups is 1. The summed E-state index contributed by atoms with van der Waals surface area (Å²) in [5, 5.41) is 2.88. The second-order valence-electron chi connectivity index (χ2n) is 1.57. The maximum absolute atomic E-state index is 10.2. The standard InChI is InChI=1S/C6H11NO/c1-6(8)4-3-5-7-2/h3-4,7H,5H2,1-2H3. The Morgan fingerprint density at radius 3 is 2.75 bits per heavy atom. The van der Waals surface area contributed by atoms with Crippen LogP contribution in [0.2, 0.25) is 0 Å². The highest BCUT2D eigenvalue weighted by atomic mass is 16.1. The molecule has 2 heteroatoms. The number of nitrogens with one attached hydrogen (secondary N) is 1. The molecule has 1 N–H and O–H groups in total. The lowest BCUT2D eigenvalue weighted by Crippen LogP contribution is -2.04. The Bertz CT molecular complexity index is 96.7. The van der Waals surface area contributed by atoms with Gasteiger partial charge in [0.25, 0.3) is 0 Å². The van der Waals surface area contributed by atoms with Crippen molar-refractivity contribution in [2.45, 2.75) is 6.92 Å². The van der Waals surface area contributed by atoms with Crippen LogP contribution in [0, 0.1) is 0 Å². The Morgan fingerprint density at radius 2 is 2.38 bits per heavy atom. The lowest BCUT2D eigenvalue weighted by Gasteiger charge is -1.83. The van der Waals surface area contributed by atoms with E-state index in [1.165, 1.54) is 6.92 Å². The Hall–Kier alpha value is -0.630. The highest BCUT2D eigenvalue weighted by molar-refractivity contribution is 5.87. The lowest BCUT2D eigenvalue weighted by molar-refractivity contribution is -0.112. The first-order chi connectivity index (χ1) is 3.77. The van der Waals surface area contributed by atoms with Crippen molar-refractivity contribution in [1.82, 2.24) is 5.32 Å². The molecule has 0 radical (unpaired) electrons. The molecule has 0 aromatic carbocycles. The molecule has 0 aromatic rings. The van der Waals surface area contributed by atoms with E-state index in [0.717, 1.165) is 6.54 Å². The summed E-state index contributed by atoms with van der Waals surface area (Å²) in [4.78, 5) is 10.2. The highest BCUT2D eigenvalue weighted by Gasteiger charge is 1.77. The fraction of sp³-hybridized carbons (Fsp3) is 0.500.